The summed E-state index contributed by atoms with van der Waals surface area (Å²) in [6.45, 7) is 0.0473. The summed E-state index contributed by atoms with van der Waals surface area (Å²) in [6.07, 6.45) is 0.802. The van der Waals surface area contributed by atoms with Gasteiger partial charge in [0.2, 0.25) is 5.76 Å². The second-order valence-corrected chi connectivity index (χ2v) is 1.43. The summed E-state index contributed by atoms with van der Waals surface area (Å²) in [5.41, 5.74) is 0. The number of carbonyl (C=O) groups is 3. The summed E-state index contributed by atoms with van der Waals surface area (Å²) in [5, 5.41) is 0. The number of hydrogen-bond acceptors (Lipinski definition) is 5. The van der Waals surface area contributed by atoms with Gasteiger partial charge in [0, 0.05) is 0 Å². The fourth-order valence-corrected chi connectivity index (χ4v) is 0.471. The molecule has 0 spiro atoms. The summed E-state index contributed by atoms with van der Waals surface area (Å²) in [4.78, 5) is 30.2. The van der Waals surface area contributed by atoms with Crippen molar-refractivity contribution >= 4 is 18.4 Å². The molecule has 10 heavy (non-hydrogen) atoms. The summed E-state index contributed by atoms with van der Waals surface area (Å²) in [6, 6.07) is 0. The lowest BCUT2D eigenvalue weighted by atomic mass is 10.5. The molecule has 0 aromatic heterocycles. The second kappa shape index (κ2) is 2.30. The zero-order valence-electron chi connectivity index (χ0n) is 4.70. The highest BCUT2D eigenvalue weighted by atomic mass is 16.6. The first-order valence-corrected chi connectivity index (χ1v) is 2.32. The molecule has 0 bridgehead atoms. The molecule has 0 saturated carbocycles. The van der Waals surface area contributed by atoms with Crippen molar-refractivity contribution in [2.24, 2.45) is 0 Å². The van der Waals surface area contributed by atoms with Crippen LogP contribution < -0.4 is 0 Å². The van der Waals surface area contributed by atoms with E-state index in [1.807, 2.05) is 0 Å². The molecule has 0 radical (unpaired) electrons. The molecule has 0 amide bonds. The quantitative estimate of drug-likeness (QED) is 0.284. The molecular weight excluding hydrogens is 140 g/mol. The topological polar surface area (TPSA) is 69.7 Å². The minimum absolute atomic E-state index is 0.0473. The molecular formula is C5H2O5. The van der Waals surface area contributed by atoms with E-state index in [4.69, 9.17) is 0 Å². The van der Waals surface area contributed by atoms with Gasteiger partial charge in [-0.05, 0) is 0 Å². The Hall–Kier alpha value is -1.65. The number of rotatable bonds is 2. The molecule has 5 heteroatoms. The van der Waals surface area contributed by atoms with Crippen LogP contribution in [0.5, 0.6) is 0 Å². The zero-order chi connectivity index (χ0) is 7.56. The molecule has 0 aromatic carbocycles. The van der Waals surface area contributed by atoms with Crippen molar-refractivity contribution in [3.05, 3.63) is 11.8 Å². The first-order chi connectivity index (χ1) is 4.74. The number of cyclic esters (lactones) is 2. The first-order valence-electron chi connectivity index (χ1n) is 2.32. The van der Waals surface area contributed by atoms with Gasteiger partial charge >= 0.3 is 11.9 Å². The van der Waals surface area contributed by atoms with E-state index in [1.165, 1.54) is 0 Å². The van der Waals surface area contributed by atoms with Gasteiger partial charge in [-0.1, -0.05) is 0 Å². The van der Waals surface area contributed by atoms with Crippen LogP contribution in [-0.4, -0.2) is 18.4 Å². The Kier molecular flexibility index (Phi) is 1.49. The SMILES string of the molecule is O=COC1=CC(=O)OC1=O. The van der Waals surface area contributed by atoms with Crippen molar-refractivity contribution < 1.29 is 23.9 Å². The van der Waals surface area contributed by atoms with E-state index in [9.17, 15) is 14.4 Å². The third kappa shape index (κ3) is 1.02. The Bertz CT molecular complexity index is 226. The van der Waals surface area contributed by atoms with Gasteiger partial charge in [-0.15, -0.1) is 0 Å². The second-order valence-electron chi connectivity index (χ2n) is 1.43. The lowest BCUT2D eigenvalue weighted by Gasteiger charge is -1.90. The fraction of sp³-hybridized carbons (Fsp3) is 0. The van der Waals surface area contributed by atoms with Crippen LogP contribution in [0.3, 0.4) is 0 Å². The summed E-state index contributed by atoms with van der Waals surface area (Å²) in [5.74, 6) is -2.13. The van der Waals surface area contributed by atoms with E-state index in [1.54, 1.807) is 0 Å². The highest BCUT2D eigenvalue weighted by Crippen LogP contribution is 2.07. The predicted molar refractivity (Wildman–Crippen MR) is 26.3 cm³/mol. The Labute approximate surface area is 55.2 Å². The maximum atomic E-state index is 10.4. The molecule has 0 fully saturated rings. The normalized spacial score (nSPS) is 16.2. The largest absolute Gasteiger partial charge is 0.421 e. The highest BCUT2D eigenvalue weighted by Gasteiger charge is 2.25. The van der Waals surface area contributed by atoms with Gasteiger partial charge in [-0.3, -0.25) is 4.79 Å². The Morgan fingerprint density at radius 1 is 1.50 bits per heavy atom. The molecule has 1 aliphatic rings. The molecule has 0 saturated heterocycles. The first kappa shape index (κ1) is 6.47. The van der Waals surface area contributed by atoms with Crippen LogP contribution in [-0.2, 0) is 23.9 Å². The van der Waals surface area contributed by atoms with Gasteiger partial charge in [0.05, 0.1) is 6.08 Å². The van der Waals surface area contributed by atoms with E-state index < -0.39 is 11.9 Å². The van der Waals surface area contributed by atoms with Crippen molar-refractivity contribution in [2.45, 2.75) is 0 Å². The molecule has 1 rings (SSSR count). The maximum absolute atomic E-state index is 10.4. The van der Waals surface area contributed by atoms with Gasteiger partial charge in [0.25, 0.3) is 6.47 Å². The molecule has 0 N–H and O–H groups in total. The lowest BCUT2D eigenvalue weighted by Crippen LogP contribution is -2.03. The molecule has 0 aromatic rings. The van der Waals surface area contributed by atoms with E-state index >= 15 is 0 Å². The molecule has 1 aliphatic heterocycles. The number of hydrogen-bond donors (Lipinski definition) is 0. The minimum atomic E-state index is -0.933. The lowest BCUT2D eigenvalue weighted by molar-refractivity contribution is -0.153. The summed E-state index contributed by atoms with van der Waals surface area (Å²) >= 11 is 0. The van der Waals surface area contributed by atoms with Crippen molar-refractivity contribution in [3.8, 4) is 0 Å². The minimum Gasteiger partial charge on any atom is -0.421 e. The van der Waals surface area contributed by atoms with Gasteiger partial charge < -0.3 is 9.47 Å². The van der Waals surface area contributed by atoms with Crippen LogP contribution in [0, 0.1) is 0 Å². The Balaban J connectivity index is 2.74. The van der Waals surface area contributed by atoms with Crippen LogP contribution in [0.15, 0.2) is 11.8 Å². The fourth-order valence-electron chi connectivity index (χ4n) is 0.471. The summed E-state index contributed by atoms with van der Waals surface area (Å²) in [7, 11) is 0. The van der Waals surface area contributed by atoms with Crippen LogP contribution in [0.4, 0.5) is 0 Å². The number of carbonyl (C=O) groups excluding carboxylic acids is 3. The van der Waals surface area contributed by atoms with E-state index in [0.717, 1.165) is 6.08 Å². The van der Waals surface area contributed by atoms with Gasteiger partial charge in [0.1, 0.15) is 0 Å². The Morgan fingerprint density at radius 2 is 2.20 bits per heavy atom. The molecule has 5 nitrogen and oxygen atoms in total. The number of ether oxygens (including phenoxy) is 2. The van der Waals surface area contributed by atoms with Crippen LogP contribution in [0.2, 0.25) is 0 Å². The van der Waals surface area contributed by atoms with Gasteiger partial charge in [0.15, 0.2) is 0 Å². The van der Waals surface area contributed by atoms with E-state index in [-0.39, 0.29) is 12.2 Å². The van der Waals surface area contributed by atoms with Gasteiger partial charge in [-0.2, -0.15) is 0 Å². The smallest absolute Gasteiger partial charge is 0.382 e. The third-order valence-electron chi connectivity index (χ3n) is 0.818. The van der Waals surface area contributed by atoms with Crippen LogP contribution in [0.25, 0.3) is 0 Å². The predicted octanol–water partition coefficient (Wildman–Crippen LogP) is -0.873. The standard InChI is InChI=1S/C5H2O5/c6-2-9-3-1-4(7)10-5(3)8/h1-2H. The third-order valence-corrected chi connectivity index (χ3v) is 0.818. The van der Waals surface area contributed by atoms with Crippen molar-refractivity contribution in [2.75, 3.05) is 0 Å². The molecule has 1 heterocycles. The average Bonchev–Trinajstić information content (AvgIpc) is 2.13. The van der Waals surface area contributed by atoms with E-state index in [0.29, 0.717) is 0 Å². The molecule has 0 aliphatic carbocycles. The Morgan fingerprint density at radius 3 is 2.60 bits per heavy atom. The zero-order valence-corrected chi connectivity index (χ0v) is 4.70. The highest BCUT2D eigenvalue weighted by molar-refractivity contribution is 6.08. The van der Waals surface area contributed by atoms with E-state index in [2.05, 4.69) is 9.47 Å². The molecule has 0 unspecified atom stereocenters. The monoisotopic (exact) mass is 142 g/mol. The van der Waals surface area contributed by atoms with Crippen molar-refractivity contribution in [3.63, 3.8) is 0 Å². The van der Waals surface area contributed by atoms with Crippen LogP contribution >= 0.6 is 0 Å². The molecule has 0 atom stereocenters. The summed E-state index contributed by atoms with van der Waals surface area (Å²) < 4.78 is 8.04. The maximum Gasteiger partial charge on any atom is 0.382 e. The van der Waals surface area contributed by atoms with Crippen LogP contribution in [0.1, 0.15) is 0 Å². The van der Waals surface area contributed by atoms with Gasteiger partial charge in [-0.25, -0.2) is 9.59 Å². The average molecular weight is 142 g/mol. The number of esters is 2. The molecule has 52 valence electrons. The van der Waals surface area contributed by atoms with Crippen molar-refractivity contribution in [1.29, 1.82) is 0 Å². The van der Waals surface area contributed by atoms with Crippen molar-refractivity contribution in [1.82, 2.24) is 0 Å².